The van der Waals surface area contributed by atoms with Crippen molar-refractivity contribution in [2.75, 3.05) is 0 Å². The number of aliphatic hydroxyl groups is 2. The zero-order chi connectivity index (χ0) is 15.4. The maximum Gasteiger partial charge on any atom is 0.325 e. The average molecular weight is 351 g/mol. The van der Waals surface area contributed by atoms with Gasteiger partial charge in [-0.25, -0.2) is 0 Å². The molecular weight excluding hydrogens is 319 g/mol. The van der Waals surface area contributed by atoms with Crippen LogP contribution in [0.5, 0.6) is 0 Å². The van der Waals surface area contributed by atoms with Crippen LogP contribution in [0.15, 0.2) is 11.8 Å². The Hall–Kier alpha value is 0.0531. The number of rotatable bonds is 1. The maximum absolute atomic E-state index is 9.60. The summed E-state index contributed by atoms with van der Waals surface area (Å²) in [7, 11) is 0. The van der Waals surface area contributed by atoms with E-state index in [1.54, 1.807) is 20.8 Å². The second kappa shape index (κ2) is 8.36. The maximum atomic E-state index is 9.60. The molecule has 0 aromatic carbocycles. The summed E-state index contributed by atoms with van der Waals surface area (Å²) >= 11 is 0. The van der Waals surface area contributed by atoms with E-state index in [4.69, 9.17) is 5.11 Å². The molecule has 4 heteroatoms. The summed E-state index contributed by atoms with van der Waals surface area (Å²) in [6.45, 7) is 16.6. The molecule has 0 saturated carbocycles. The molecule has 0 radical (unpaired) electrons. The van der Waals surface area contributed by atoms with Crippen LogP contribution in [0.3, 0.4) is 0 Å². The van der Waals surface area contributed by atoms with E-state index in [9.17, 15) is 9.90 Å². The first kappa shape index (κ1) is 24.1. The topological polar surface area (TPSA) is 61.9 Å². The van der Waals surface area contributed by atoms with Crippen LogP contribution in [-0.4, -0.2) is 26.4 Å². The molecule has 0 aliphatic heterocycles. The summed E-state index contributed by atoms with van der Waals surface area (Å²) in [6, 6.07) is 0. The molecule has 0 amide bonds. The zero-order valence-electron chi connectivity index (χ0n) is 13.9. The van der Waals surface area contributed by atoms with Crippen molar-refractivity contribution in [2.24, 2.45) is 10.8 Å². The van der Waals surface area contributed by atoms with Crippen molar-refractivity contribution in [3.05, 3.63) is 11.8 Å². The van der Waals surface area contributed by atoms with Gasteiger partial charge in [0.05, 0.1) is 17.1 Å². The van der Waals surface area contributed by atoms with Crippen LogP contribution < -0.4 is 0 Å². The molecule has 0 aliphatic carbocycles. The van der Waals surface area contributed by atoms with E-state index >= 15 is 0 Å². The summed E-state index contributed by atoms with van der Waals surface area (Å²) < 4.78 is 0. The number of ketones is 1. The molecule has 19 heavy (non-hydrogen) atoms. The first-order valence-electron chi connectivity index (χ1n) is 6.25. The monoisotopic (exact) mass is 349 g/mol. The zero-order valence-corrected chi connectivity index (χ0v) is 16.4. The number of hydrogen-bond donors (Lipinski definition) is 2. The van der Waals surface area contributed by atoms with E-state index < -0.39 is 5.60 Å². The van der Waals surface area contributed by atoms with Gasteiger partial charge in [-0.2, -0.15) is 0 Å². The first-order valence-corrected chi connectivity index (χ1v) is 6.25. The second-order valence-corrected chi connectivity index (χ2v) is 7.59. The SMILES string of the molecule is CC(C)(C)C(=[OH+])/C=C(\O)C(C)(C)C.CC(C)(C)O.[Zr]. The van der Waals surface area contributed by atoms with Gasteiger partial charge in [0, 0.05) is 31.6 Å². The quantitative estimate of drug-likeness (QED) is 0.429. The van der Waals surface area contributed by atoms with E-state index in [2.05, 4.69) is 0 Å². The Labute approximate surface area is 137 Å². The Balaban J connectivity index is -0.000000366. The summed E-state index contributed by atoms with van der Waals surface area (Å²) in [5.74, 6) is 0.417. The summed E-state index contributed by atoms with van der Waals surface area (Å²) in [6.07, 6.45) is 1.44. The van der Waals surface area contributed by atoms with Gasteiger partial charge in [-0.1, -0.05) is 20.8 Å². The van der Waals surface area contributed by atoms with Gasteiger partial charge in [-0.15, -0.1) is 0 Å². The fraction of sp³-hybridized carbons (Fsp3) is 0.800. The normalized spacial score (nSPS) is 13.1. The molecular formula is C15H31O3Zr+. The largest absolute Gasteiger partial charge is 0.511 e. The van der Waals surface area contributed by atoms with E-state index in [-0.39, 0.29) is 48.6 Å². The Bertz CT molecular complexity index is 293. The summed E-state index contributed by atoms with van der Waals surface area (Å²) in [5, 5.41) is 18.1. The Kier molecular flexibility index (Phi) is 10.6. The predicted molar refractivity (Wildman–Crippen MR) is 78.5 cm³/mol. The van der Waals surface area contributed by atoms with E-state index in [0.717, 1.165) is 0 Å². The Morgan fingerprint density at radius 2 is 1.11 bits per heavy atom. The van der Waals surface area contributed by atoms with E-state index in [1.165, 1.54) is 6.08 Å². The first-order chi connectivity index (χ1) is 7.55. The molecule has 0 rings (SSSR count). The molecule has 3 N–H and O–H groups in total. The minimum atomic E-state index is -0.500. The van der Waals surface area contributed by atoms with Crippen molar-refractivity contribution in [2.45, 2.75) is 67.9 Å². The van der Waals surface area contributed by atoms with Gasteiger partial charge in [0.1, 0.15) is 5.76 Å². The van der Waals surface area contributed by atoms with Crippen LogP contribution in [0.4, 0.5) is 0 Å². The van der Waals surface area contributed by atoms with Crippen molar-refractivity contribution in [1.29, 1.82) is 0 Å². The number of allylic oxidation sites excluding steroid dienone is 2. The third-order valence-electron chi connectivity index (χ3n) is 1.81. The minimum Gasteiger partial charge on any atom is -0.511 e. The van der Waals surface area contributed by atoms with Gasteiger partial charge in [0.2, 0.25) is 0 Å². The molecule has 0 unspecified atom stereocenters. The van der Waals surface area contributed by atoms with Crippen molar-refractivity contribution in [1.82, 2.24) is 0 Å². The molecule has 0 saturated heterocycles. The van der Waals surface area contributed by atoms with Crippen molar-refractivity contribution in [3.8, 4) is 0 Å². The molecule has 112 valence electrons. The van der Waals surface area contributed by atoms with Gasteiger partial charge in [-0.05, 0) is 41.5 Å². The fourth-order valence-electron chi connectivity index (χ4n) is 0.563. The minimum absolute atomic E-state index is 0. The van der Waals surface area contributed by atoms with Crippen LogP contribution in [0.1, 0.15) is 62.3 Å². The Morgan fingerprint density at radius 1 is 0.842 bits per heavy atom. The number of carbonyl (C=O) groups excluding carboxylic acids is 1. The molecule has 0 fully saturated rings. The van der Waals surface area contributed by atoms with Crippen LogP contribution in [-0.2, 0) is 26.2 Å². The number of hydrogen-bond acceptors (Lipinski definition) is 2. The van der Waals surface area contributed by atoms with E-state index in [1.807, 2.05) is 41.5 Å². The molecule has 0 aliphatic rings. The van der Waals surface area contributed by atoms with Gasteiger partial charge in [0.25, 0.3) is 0 Å². The van der Waals surface area contributed by atoms with Crippen molar-refractivity contribution >= 4 is 5.78 Å². The van der Waals surface area contributed by atoms with Gasteiger partial charge in [0.15, 0.2) is 0 Å². The second-order valence-electron chi connectivity index (χ2n) is 7.59. The molecule has 0 heterocycles. The van der Waals surface area contributed by atoms with E-state index in [0.29, 0.717) is 0 Å². The van der Waals surface area contributed by atoms with Gasteiger partial charge >= 0.3 is 5.78 Å². The van der Waals surface area contributed by atoms with Crippen LogP contribution in [0.2, 0.25) is 0 Å². The van der Waals surface area contributed by atoms with Gasteiger partial charge in [-0.3, -0.25) is 4.79 Å². The molecule has 0 aromatic rings. The molecule has 0 spiro atoms. The van der Waals surface area contributed by atoms with Gasteiger partial charge < -0.3 is 10.2 Å². The third-order valence-corrected chi connectivity index (χ3v) is 1.81. The van der Waals surface area contributed by atoms with Crippen LogP contribution in [0, 0.1) is 10.8 Å². The smallest absolute Gasteiger partial charge is 0.325 e. The summed E-state index contributed by atoms with van der Waals surface area (Å²) in [5.41, 5.74) is -1.11. The number of aliphatic hydroxyl groups excluding tert-OH is 1. The Morgan fingerprint density at radius 3 is 1.26 bits per heavy atom. The van der Waals surface area contributed by atoms with Crippen LogP contribution >= 0.6 is 0 Å². The average Bonchev–Trinajstić information content (AvgIpc) is 1.96. The predicted octanol–water partition coefficient (Wildman–Crippen LogP) is 3.84. The summed E-state index contributed by atoms with van der Waals surface area (Å²) in [4.78, 5) is 9.60. The van der Waals surface area contributed by atoms with Crippen molar-refractivity contribution in [3.63, 3.8) is 0 Å². The fourth-order valence-corrected chi connectivity index (χ4v) is 0.563. The molecule has 0 bridgehead atoms. The van der Waals surface area contributed by atoms with Crippen molar-refractivity contribution < 1.29 is 41.2 Å². The molecule has 0 atom stereocenters. The molecule has 0 aromatic heterocycles. The third kappa shape index (κ3) is 18.1. The standard InChI is InChI=1S/C11H20O2.C4H10O.Zr/c1-10(2,3)8(12)7-9(13)11(4,5)6;1-4(2,3)5;/h7,12H,1-6H3;5H,1-3H3;/p+1/b8-7-;;. The van der Waals surface area contributed by atoms with Crippen LogP contribution in [0.25, 0.3) is 0 Å². The molecule has 3 nitrogen and oxygen atoms in total.